The molecule has 29 heavy (non-hydrogen) atoms. The van der Waals surface area contributed by atoms with Crippen LogP contribution in [0.3, 0.4) is 0 Å². The lowest BCUT2D eigenvalue weighted by Gasteiger charge is -2.16. The van der Waals surface area contributed by atoms with Crippen molar-refractivity contribution in [2.45, 2.75) is 20.0 Å². The van der Waals surface area contributed by atoms with Crippen molar-refractivity contribution in [3.63, 3.8) is 0 Å². The molecule has 0 saturated heterocycles. The molecule has 1 N–H and O–H groups in total. The summed E-state index contributed by atoms with van der Waals surface area (Å²) in [4.78, 5) is 0.637. The van der Waals surface area contributed by atoms with E-state index in [2.05, 4.69) is 17.4 Å². The van der Waals surface area contributed by atoms with Crippen molar-refractivity contribution < 1.29 is 9.47 Å². The molecule has 0 bridgehead atoms. The van der Waals surface area contributed by atoms with Gasteiger partial charge in [-0.25, -0.2) is 0 Å². The maximum absolute atomic E-state index is 6.52. The van der Waals surface area contributed by atoms with Crippen LogP contribution in [0.15, 0.2) is 72.8 Å². The molecule has 0 aliphatic heterocycles. The molecule has 0 spiro atoms. The van der Waals surface area contributed by atoms with Crippen LogP contribution in [-0.2, 0) is 13.0 Å². The van der Waals surface area contributed by atoms with E-state index in [1.165, 1.54) is 5.56 Å². The number of halogens is 1. The van der Waals surface area contributed by atoms with E-state index in [1.807, 2.05) is 67.6 Å². The van der Waals surface area contributed by atoms with E-state index in [0.717, 1.165) is 24.1 Å². The second kappa shape index (κ2) is 10.8. The number of rotatable bonds is 9. The van der Waals surface area contributed by atoms with Crippen LogP contribution in [-0.4, -0.2) is 18.1 Å². The largest absolute Gasteiger partial charge is 0.490 e. The Bertz CT molecular complexity index is 932. The van der Waals surface area contributed by atoms with Gasteiger partial charge in [-0.1, -0.05) is 84.5 Å². The fraction of sp³-hybridized carbons (Fsp3) is 0.208. The van der Waals surface area contributed by atoms with Gasteiger partial charge in [-0.2, -0.15) is 0 Å². The average molecular weight is 426 g/mol. The number of benzene rings is 3. The van der Waals surface area contributed by atoms with E-state index in [9.17, 15) is 0 Å². The van der Waals surface area contributed by atoms with Crippen LogP contribution in [0.5, 0.6) is 11.5 Å². The van der Waals surface area contributed by atoms with Gasteiger partial charge >= 0.3 is 0 Å². The van der Waals surface area contributed by atoms with E-state index in [4.69, 9.17) is 33.3 Å². The predicted octanol–water partition coefficient (Wildman–Crippen LogP) is 5.83. The predicted molar refractivity (Wildman–Crippen MR) is 123 cm³/mol. The average Bonchev–Trinajstić information content (AvgIpc) is 2.74. The van der Waals surface area contributed by atoms with Gasteiger partial charge < -0.3 is 14.8 Å². The summed E-state index contributed by atoms with van der Waals surface area (Å²) in [5.74, 6) is 1.13. The molecule has 3 nitrogen and oxygen atoms in total. The minimum absolute atomic E-state index is 0.416. The van der Waals surface area contributed by atoms with Gasteiger partial charge in [0.25, 0.3) is 0 Å². The topological polar surface area (TPSA) is 30.5 Å². The van der Waals surface area contributed by atoms with Crippen molar-refractivity contribution >= 4 is 28.8 Å². The number of hydrogen-bond acceptors (Lipinski definition) is 3. The Labute approximate surface area is 182 Å². The van der Waals surface area contributed by atoms with Crippen LogP contribution in [0.2, 0.25) is 5.02 Å². The Morgan fingerprint density at radius 2 is 1.59 bits per heavy atom. The first-order chi connectivity index (χ1) is 14.2. The second-order valence-corrected chi connectivity index (χ2v) is 7.30. The van der Waals surface area contributed by atoms with Gasteiger partial charge in [0.05, 0.1) is 11.6 Å². The third-order valence-corrected chi connectivity index (χ3v) is 5.00. The van der Waals surface area contributed by atoms with Gasteiger partial charge in [0.1, 0.15) is 11.6 Å². The first-order valence-corrected chi connectivity index (χ1v) is 10.4. The maximum Gasteiger partial charge on any atom is 0.180 e. The maximum atomic E-state index is 6.52. The molecular weight excluding hydrogens is 402 g/mol. The lowest BCUT2D eigenvalue weighted by Crippen LogP contribution is -2.24. The monoisotopic (exact) mass is 425 g/mol. The molecule has 5 heteroatoms. The molecule has 0 amide bonds. The molecule has 3 rings (SSSR count). The van der Waals surface area contributed by atoms with Crippen LogP contribution in [0, 0.1) is 0 Å². The number of nitrogens with one attached hydrogen (secondary N) is 1. The normalized spacial score (nSPS) is 10.4. The quantitative estimate of drug-likeness (QED) is 0.437. The Balaban J connectivity index is 1.68. The first kappa shape index (κ1) is 21.2. The lowest BCUT2D eigenvalue weighted by atomic mass is 10.1. The summed E-state index contributed by atoms with van der Waals surface area (Å²) < 4.78 is 11.7. The van der Waals surface area contributed by atoms with Crippen molar-refractivity contribution in [1.29, 1.82) is 0 Å². The molecule has 0 atom stereocenters. The Kier molecular flexibility index (Phi) is 7.91. The molecule has 0 fully saturated rings. The number of hydrogen-bond donors (Lipinski definition) is 1. The molecule has 0 aliphatic rings. The van der Waals surface area contributed by atoms with Crippen LogP contribution in [0.25, 0.3) is 0 Å². The van der Waals surface area contributed by atoms with Gasteiger partial charge in [0, 0.05) is 12.1 Å². The highest BCUT2D eigenvalue weighted by Crippen LogP contribution is 2.37. The molecule has 0 heterocycles. The van der Waals surface area contributed by atoms with Crippen molar-refractivity contribution in [3.05, 3.63) is 94.5 Å². The van der Waals surface area contributed by atoms with Crippen LogP contribution < -0.4 is 14.8 Å². The minimum Gasteiger partial charge on any atom is -0.490 e. The third-order valence-electron chi connectivity index (χ3n) is 4.34. The number of ether oxygens (including phenoxy) is 2. The molecule has 0 aliphatic carbocycles. The fourth-order valence-corrected chi connectivity index (χ4v) is 3.38. The molecule has 0 saturated carbocycles. The zero-order chi connectivity index (χ0) is 20.5. The van der Waals surface area contributed by atoms with Gasteiger partial charge in [0.15, 0.2) is 11.5 Å². The summed E-state index contributed by atoms with van der Waals surface area (Å²) in [6.45, 7) is 3.60. The summed E-state index contributed by atoms with van der Waals surface area (Å²) >= 11 is 12.1. The van der Waals surface area contributed by atoms with E-state index < -0.39 is 0 Å². The van der Waals surface area contributed by atoms with Gasteiger partial charge in [-0.15, -0.1) is 0 Å². The molecule has 0 unspecified atom stereocenters. The summed E-state index contributed by atoms with van der Waals surface area (Å²) in [5.41, 5.74) is 3.14. The molecule has 150 valence electrons. The molecule has 0 aromatic heterocycles. The van der Waals surface area contributed by atoms with Gasteiger partial charge in [-0.3, -0.25) is 0 Å². The molecule has 3 aromatic carbocycles. The Morgan fingerprint density at radius 3 is 2.24 bits per heavy atom. The molecule has 3 aromatic rings. The van der Waals surface area contributed by atoms with E-state index in [-0.39, 0.29) is 0 Å². The summed E-state index contributed by atoms with van der Waals surface area (Å²) in [6, 6.07) is 24.0. The second-order valence-electron chi connectivity index (χ2n) is 6.48. The molecular formula is C24H24ClNO2S. The van der Waals surface area contributed by atoms with Gasteiger partial charge in [0.2, 0.25) is 0 Å². The summed E-state index contributed by atoms with van der Waals surface area (Å²) in [5, 5.41) is 3.78. The van der Waals surface area contributed by atoms with Crippen molar-refractivity contribution in [3.8, 4) is 11.5 Å². The highest BCUT2D eigenvalue weighted by atomic mass is 35.5. The van der Waals surface area contributed by atoms with E-state index >= 15 is 0 Å². The fourth-order valence-electron chi connectivity index (χ4n) is 2.90. The highest BCUT2D eigenvalue weighted by molar-refractivity contribution is 7.80. The smallest absolute Gasteiger partial charge is 0.180 e. The van der Waals surface area contributed by atoms with Crippen LogP contribution in [0.4, 0.5) is 0 Å². The zero-order valence-corrected chi connectivity index (χ0v) is 17.9. The molecule has 0 radical (unpaired) electrons. The summed E-state index contributed by atoms with van der Waals surface area (Å²) in [7, 11) is 0. The summed E-state index contributed by atoms with van der Waals surface area (Å²) in [6.07, 6.45) is 0.894. The zero-order valence-electron chi connectivity index (χ0n) is 16.4. The standard InChI is InChI=1S/C24H24ClNO2S/c1-2-27-22-16-20(24(29)26-14-13-18-9-5-3-6-10-18)15-21(25)23(22)28-17-19-11-7-4-8-12-19/h3-12,15-16H,2,13-14,17H2,1H3,(H,26,29). The van der Waals surface area contributed by atoms with Crippen LogP contribution >= 0.6 is 23.8 Å². The number of thiocarbonyl (C=S) groups is 1. The Morgan fingerprint density at radius 1 is 0.931 bits per heavy atom. The van der Waals surface area contributed by atoms with Crippen molar-refractivity contribution in [2.75, 3.05) is 13.2 Å². The van der Waals surface area contributed by atoms with E-state index in [1.54, 1.807) is 0 Å². The van der Waals surface area contributed by atoms with E-state index in [0.29, 0.717) is 34.7 Å². The third kappa shape index (κ3) is 6.21. The van der Waals surface area contributed by atoms with Crippen molar-refractivity contribution in [1.82, 2.24) is 5.32 Å². The van der Waals surface area contributed by atoms with Crippen LogP contribution in [0.1, 0.15) is 23.6 Å². The lowest BCUT2D eigenvalue weighted by molar-refractivity contribution is 0.269. The SMILES string of the molecule is CCOc1cc(C(=S)NCCc2ccccc2)cc(Cl)c1OCc1ccccc1. The Hall–Kier alpha value is -2.56. The highest BCUT2D eigenvalue weighted by Gasteiger charge is 2.15. The minimum atomic E-state index is 0.416. The van der Waals surface area contributed by atoms with Gasteiger partial charge in [-0.05, 0) is 36.6 Å². The van der Waals surface area contributed by atoms with Crippen molar-refractivity contribution in [2.24, 2.45) is 0 Å². The first-order valence-electron chi connectivity index (χ1n) is 9.62.